The zero-order valence-electron chi connectivity index (χ0n) is 11.2. The minimum absolute atomic E-state index is 0.289. The number of aliphatic hydroxyl groups is 2. The second-order valence-electron chi connectivity index (χ2n) is 5.62. The Balaban J connectivity index is 1.73. The van der Waals surface area contributed by atoms with Crippen LogP contribution in [0.3, 0.4) is 0 Å². The van der Waals surface area contributed by atoms with Crippen molar-refractivity contribution < 1.29 is 24.4 Å². The van der Waals surface area contributed by atoms with Gasteiger partial charge in [-0.25, -0.2) is 0 Å². The fourth-order valence-electron chi connectivity index (χ4n) is 3.25. The molecule has 2 heterocycles. The summed E-state index contributed by atoms with van der Waals surface area (Å²) in [5.74, 6) is -0.560. The number of aliphatic hydroxyl groups excluding tert-OH is 2. The van der Waals surface area contributed by atoms with Crippen LogP contribution in [0.4, 0.5) is 0 Å². The van der Waals surface area contributed by atoms with Crippen LogP contribution < -0.4 is 0 Å². The summed E-state index contributed by atoms with van der Waals surface area (Å²) in [6.45, 7) is 0.436. The van der Waals surface area contributed by atoms with Gasteiger partial charge in [-0.3, -0.25) is 0 Å². The van der Waals surface area contributed by atoms with E-state index in [1.54, 1.807) is 0 Å². The summed E-state index contributed by atoms with van der Waals surface area (Å²) in [6, 6.07) is 0. The summed E-state index contributed by atoms with van der Waals surface area (Å²) in [4.78, 5) is 0. The monoisotopic (exact) mass is 290 g/mol. The molecule has 0 radical (unpaired) electrons. The molecule has 6 heteroatoms. The highest BCUT2D eigenvalue weighted by molar-refractivity contribution is 7.99. The van der Waals surface area contributed by atoms with Gasteiger partial charge in [-0.2, -0.15) is 0 Å². The third-order valence-corrected chi connectivity index (χ3v) is 5.20. The maximum Gasteiger partial charge on any atom is 0.169 e. The smallest absolute Gasteiger partial charge is 0.169 e. The average molecular weight is 290 g/mol. The van der Waals surface area contributed by atoms with Crippen LogP contribution in [0.5, 0.6) is 0 Å². The van der Waals surface area contributed by atoms with E-state index < -0.39 is 29.5 Å². The van der Waals surface area contributed by atoms with Crippen LogP contribution >= 0.6 is 11.8 Å². The van der Waals surface area contributed by atoms with E-state index in [4.69, 9.17) is 14.2 Å². The average Bonchev–Trinajstić information content (AvgIpc) is 2.44. The van der Waals surface area contributed by atoms with Crippen molar-refractivity contribution in [2.45, 2.75) is 67.7 Å². The molecule has 1 saturated carbocycles. The number of fused-ring (bicyclic) bond motifs is 1. The largest absolute Gasteiger partial charge is 0.387 e. The van der Waals surface area contributed by atoms with E-state index in [2.05, 4.69) is 0 Å². The van der Waals surface area contributed by atoms with Gasteiger partial charge >= 0.3 is 0 Å². The van der Waals surface area contributed by atoms with Crippen molar-refractivity contribution in [3.8, 4) is 0 Å². The Morgan fingerprint density at radius 1 is 1.11 bits per heavy atom. The van der Waals surface area contributed by atoms with Crippen LogP contribution in [0.1, 0.15) is 32.1 Å². The Hall–Kier alpha value is 0.150. The van der Waals surface area contributed by atoms with Gasteiger partial charge in [-0.1, -0.05) is 6.42 Å². The summed E-state index contributed by atoms with van der Waals surface area (Å²) in [5, 5.41) is 20.3. The topological polar surface area (TPSA) is 68.2 Å². The molecule has 0 bridgehead atoms. The molecule has 3 fully saturated rings. The summed E-state index contributed by atoms with van der Waals surface area (Å²) in [5.41, 5.74) is -0.413. The van der Waals surface area contributed by atoms with Gasteiger partial charge in [0, 0.05) is 12.8 Å². The minimum atomic E-state index is -0.907. The van der Waals surface area contributed by atoms with E-state index in [0.717, 1.165) is 25.7 Å². The van der Waals surface area contributed by atoms with Gasteiger partial charge in [0.25, 0.3) is 0 Å². The molecule has 0 aromatic carbocycles. The Morgan fingerprint density at radius 2 is 1.84 bits per heavy atom. The summed E-state index contributed by atoms with van der Waals surface area (Å²) >= 11 is 1.40. The van der Waals surface area contributed by atoms with E-state index in [0.29, 0.717) is 6.61 Å². The lowest BCUT2D eigenvalue weighted by molar-refractivity contribution is -0.369. The van der Waals surface area contributed by atoms with Gasteiger partial charge in [-0.05, 0) is 19.1 Å². The Labute approximate surface area is 117 Å². The van der Waals surface area contributed by atoms with Gasteiger partial charge in [0.05, 0.1) is 6.61 Å². The lowest BCUT2D eigenvalue weighted by Gasteiger charge is -2.51. The third kappa shape index (κ3) is 2.54. The maximum atomic E-state index is 10.3. The molecule has 19 heavy (non-hydrogen) atoms. The number of hydrogen-bond acceptors (Lipinski definition) is 6. The first kappa shape index (κ1) is 14.1. The molecule has 2 saturated heterocycles. The van der Waals surface area contributed by atoms with Crippen molar-refractivity contribution in [1.82, 2.24) is 0 Å². The molecule has 1 aliphatic carbocycles. The summed E-state index contributed by atoms with van der Waals surface area (Å²) < 4.78 is 17.7. The van der Waals surface area contributed by atoms with E-state index in [1.165, 1.54) is 18.2 Å². The highest BCUT2D eigenvalue weighted by atomic mass is 32.2. The molecule has 5 atom stereocenters. The first-order chi connectivity index (χ1) is 9.15. The standard InChI is InChI=1S/C13H22O5S/c1-19-12-10(15)9(14)11-8(17-12)7-16-13(18-11)5-3-2-4-6-13/h8-12,14-15H,2-7H2,1H3/t8?,9?,10?,11-,12+/m1/s1. The lowest BCUT2D eigenvalue weighted by Crippen LogP contribution is -2.64. The molecular formula is C13H22O5S. The van der Waals surface area contributed by atoms with Crippen molar-refractivity contribution in [1.29, 1.82) is 0 Å². The highest BCUT2D eigenvalue weighted by Gasteiger charge is 2.52. The zero-order chi connectivity index (χ0) is 13.5. The first-order valence-corrected chi connectivity index (χ1v) is 8.30. The fraction of sp³-hybridized carbons (Fsp3) is 1.00. The number of hydrogen-bond donors (Lipinski definition) is 2. The molecule has 110 valence electrons. The first-order valence-electron chi connectivity index (χ1n) is 7.01. The van der Waals surface area contributed by atoms with E-state index in [-0.39, 0.29) is 6.10 Å². The van der Waals surface area contributed by atoms with Crippen LogP contribution in [0.2, 0.25) is 0 Å². The van der Waals surface area contributed by atoms with Gasteiger partial charge in [0.15, 0.2) is 5.79 Å². The zero-order valence-corrected chi connectivity index (χ0v) is 12.0. The number of rotatable bonds is 1. The molecule has 3 rings (SSSR count). The predicted molar refractivity (Wildman–Crippen MR) is 70.8 cm³/mol. The van der Waals surface area contributed by atoms with E-state index >= 15 is 0 Å². The van der Waals surface area contributed by atoms with Crippen LogP contribution in [-0.2, 0) is 14.2 Å². The molecule has 2 aliphatic heterocycles. The van der Waals surface area contributed by atoms with Gasteiger partial charge in [-0.15, -0.1) is 11.8 Å². The van der Waals surface area contributed by atoms with Gasteiger partial charge in [0.1, 0.15) is 29.9 Å². The quantitative estimate of drug-likeness (QED) is 0.747. The highest BCUT2D eigenvalue weighted by Crippen LogP contribution is 2.41. The predicted octanol–water partition coefficient (Wildman–Crippen LogP) is 0.872. The third-order valence-electron chi connectivity index (χ3n) is 4.35. The van der Waals surface area contributed by atoms with Crippen molar-refractivity contribution in [3.05, 3.63) is 0 Å². The van der Waals surface area contributed by atoms with Crippen LogP contribution in [0, 0.1) is 0 Å². The molecule has 1 spiro atoms. The normalized spacial score (nSPS) is 45.9. The Morgan fingerprint density at radius 3 is 2.53 bits per heavy atom. The SMILES string of the molecule is CS[C@@H]1OC2COC3(CCCCC3)O[C@H]2C(O)C1O. The number of thioether (sulfide) groups is 1. The Bertz CT molecular complexity index is 318. The molecule has 5 nitrogen and oxygen atoms in total. The van der Waals surface area contributed by atoms with Crippen molar-refractivity contribution in [2.24, 2.45) is 0 Å². The fourth-order valence-corrected chi connectivity index (χ4v) is 3.94. The van der Waals surface area contributed by atoms with Crippen molar-refractivity contribution in [2.75, 3.05) is 12.9 Å². The van der Waals surface area contributed by atoms with Crippen LogP contribution in [-0.4, -0.2) is 58.7 Å². The van der Waals surface area contributed by atoms with E-state index in [1.807, 2.05) is 6.26 Å². The van der Waals surface area contributed by atoms with E-state index in [9.17, 15) is 10.2 Å². The molecule has 2 N–H and O–H groups in total. The van der Waals surface area contributed by atoms with Crippen LogP contribution in [0.15, 0.2) is 0 Å². The molecule has 0 aromatic rings. The minimum Gasteiger partial charge on any atom is -0.387 e. The molecule has 3 unspecified atom stereocenters. The molecule has 0 amide bonds. The van der Waals surface area contributed by atoms with Crippen molar-refractivity contribution in [3.63, 3.8) is 0 Å². The molecule has 3 aliphatic rings. The van der Waals surface area contributed by atoms with Crippen LogP contribution in [0.25, 0.3) is 0 Å². The Kier molecular flexibility index (Phi) is 4.08. The maximum absolute atomic E-state index is 10.3. The second-order valence-corrected chi connectivity index (χ2v) is 6.56. The van der Waals surface area contributed by atoms with Gasteiger partial charge in [0.2, 0.25) is 0 Å². The van der Waals surface area contributed by atoms with Crippen molar-refractivity contribution >= 4 is 11.8 Å². The summed E-state index contributed by atoms with van der Waals surface area (Å²) in [6.07, 6.45) is 4.39. The lowest BCUT2D eigenvalue weighted by atomic mass is 9.91. The van der Waals surface area contributed by atoms with Gasteiger partial charge < -0.3 is 24.4 Å². The second kappa shape index (κ2) is 5.50. The summed E-state index contributed by atoms with van der Waals surface area (Å²) in [7, 11) is 0. The number of ether oxygens (including phenoxy) is 3. The molecule has 0 aromatic heterocycles. The molecular weight excluding hydrogens is 268 g/mol.